The summed E-state index contributed by atoms with van der Waals surface area (Å²) >= 11 is 0. The molecule has 1 saturated heterocycles. The smallest absolute Gasteiger partial charge is 0.253 e. The van der Waals surface area contributed by atoms with Crippen LogP contribution in [-0.2, 0) is 11.0 Å². The number of hydrogen-bond donors (Lipinski definition) is 2. The van der Waals surface area contributed by atoms with Crippen molar-refractivity contribution in [3.63, 3.8) is 0 Å². The largest absolute Gasteiger partial charge is 0.340 e. The maximum atomic E-state index is 12.2. The molecule has 1 fully saturated rings. The van der Waals surface area contributed by atoms with E-state index in [0.29, 0.717) is 18.9 Å². The Morgan fingerprint density at radius 3 is 2.56 bits per heavy atom. The summed E-state index contributed by atoms with van der Waals surface area (Å²) in [5.41, 5.74) is 1.09. The molecule has 1 aliphatic heterocycles. The van der Waals surface area contributed by atoms with Crippen LogP contribution in [0.2, 0.25) is 0 Å². The van der Waals surface area contributed by atoms with Crippen molar-refractivity contribution in [1.29, 1.82) is 0 Å². The van der Waals surface area contributed by atoms with Crippen LogP contribution in [0.4, 0.5) is 0 Å². The molecule has 0 saturated carbocycles. The molecule has 100 valence electrons. The molecule has 2 N–H and O–H groups in total. The fourth-order valence-corrected chi connectivity index (χ4v) is 4.27. The number of rotatable bonds is 5. The minimum Gasteiger partial charge on any atom is -0.340 e. The number of piperidine rings is 1. The highest BCUT2D eigenvalue weighted by atomic mass is 31.2. The van der Waals surface area contributed by atoms with E-state index in [4.69, 9.17) is 0 Å². The maximum absolute atomic E-state index is 12.2. The van der Waals surface area contributed by atoms with Gasteiger partial charge in [0.2, 0.25) is 0 Å². The molecular weight excluding hydrogens is 247 g/mol. The van der Waals surface area contributed by atoms with Gasteiger partial charge in [0.05, 0.1) is 13.1 Å². The van der Waals surface area contributed by atoms with Crippen LogP contribution < -0.4 is 4.90 Å². The first kappa shape index (κ1) is 13.7. The lowest BCUT2D eigenvalue weighted by atomic mass is 10.1. The predicted octanol–water partition coefficient (Wildman–Crippen LogP) is 0.921. The Morgan fingerprint density at radius 1 is 1.22 bits per heavy atom. The van der Waals surface area contributed by atoms with Crippen molar-refractivity contribution < 1.29 is 14.4 Å². The van der Waals surface area contributed by atoms with Crippen LogP contribution in [0.15, 0.2) is 24.5 Å². The highest BCUT2D eigenvalue weighted by Gasteiger charge is 2.26. The Balaban J connectivity index is 1.81. The van der Waals surface area contributed by atoms with E-state index in [-0.39, 0.29) is 0 Å². The molecule has 5 heteroatoms. The third-order valence-corrected chi connectivity index (χ3v) is 5.39. The van der Waals surface area contributed by atoms with Crippen molar-refractivity contribution in [2.75, 3.05) is 25.5 Å². The first-order valence-electron chi connectivity index (χ1n) is 6.69. The molecule has 2 heterocycles. The third kappa shape index (κ3) is 4.52. The van der Waals surface area contributed by atoms with Gasteiger partial charge in [-0.3, -0.25) is 9.55 Å². The summed E-state index contributed by atoms with van der Waals surface area (Å²) in [5, 5.41) is 0. The number of nitrogens with zero attached hydrogens (tertiary/aromatic N) is 1. The van der Waals surface area contributed by atoms with Crippen molar-refractivity contribution in [2.24, 2.45) is 0 Å². The van der Waals surface area contributed by atoms with Crippen LogP contribution in [0, 0.1) is 0 Å². The second kappa shape index (κ2) is 6.46. The molecule has 0 amide bonds. The molecular formula is C13H22N2O2P+. The lowest BCUT2D eigenvalue weighted by molar-refractivity contribution is -0.893. The molecule has 0 radical (unpaired) electrons. The lowest BCUT2D eigenvalue weighted by Gasteiger charge is -2.25. The number of quaternary nitrogens is 1. The van der Waals surface area contributed by atoms with Crippen molar-refractivity contribution in [3.05, 3.63) is 30.1 Å². The minimum atomic E-state index is -2.98. The van der Waals surface area contributed by atoms with Crippen molar-refractivity contribution in [1.82, 2.24) is 4.98 Å². The Bertz CT molecular complexity index is 405. The fraction of sp³-hybridized carbons (Fsp3) is 0.615. The second-order valence-corrected chi connectivity index (χ2v) is 7.60. The third-order valence-electron chi connectivity index (χ3n) is 3.53. The Morgan fingerprint density at radius 2 is 1.89 bits per heavy atom. The summed E-state index contributed by atoms with van der Waals surface area (Å²) in [6.07, 6.45) is 8.62. The van der Waals surface area contributed by atoms with Crippen LogP contribution in [0.3, 0.4) is 0 Å². The highest BCUT2D eigenvalue weighted by Crippen LogP contribution is 2.38. The van der Waals surface area contributed by atoms with Gasteiger partial charge in [0, 0.05) is 18.6 Å². The number of hydrogen-bond acceptors (Lipinski definition) is 2. The fourth-order valence-electron chi connectivity index (χ4n) is 2.49. The average Bonchev–Trinajstić information content (AvgIpc) is 2.38. The van der Waals surface area contributed by atoms with Gasteiger partial charge >= 0.3 is 0 Å². The van der Waals surface area contributed by atoms with Crippen molar-refractivity contribution in [2.45, 2.75) is 25.7 Å². The molecule has 2 rings (SSSR count). The molecule has 1 aromatic rings. The monoisotopic (exact) mass is 269 g/mol. The number of pyridine rings is 1. The highest BCUT2D eigenvalue weighted by molar-refractivity contribution is 7.57. The van der Waals surface area contributed by atoms with Gasteiger partial charge < -0.3 is 9.79 Å². The maximum Gasteiger partial charge on any atom is 0.253 e. The first-order chi connectivity index (χ1) is 8.66. The van der Waals surface area contributed by atoms with Gasteiger partial charge in [-0.2, -0.15) is 0 Å². The quantitative estimate of drug-likeness (QED) is 0.782. The van der Waals surface area contributed by atoms with Crippen LogP contribution in [0.5, 0.6) is 0 Å². The van der Waals surface area contributed by atoms with Gasteiger partial charge in [-0.15, -0.1) is 0 Å². The minimum absolute atomic E-state index is 0.389. The van der Waals surface area contributed by atoms with Crippen LogP contribution >= 0.6 is 7.37 Å². The van der Waals surface area contributed by atoms with Crippen LogP contribution in [-0.4, -0.2) is 35.4 Å². The van der Waals surface area contributed by atoms with Gasteiger partial charge in [0.15, 0.2) is 6.29 Å². The standard InChI is InChI=1S/C13H21N2O2P/c16-18(17,12-15-9-2-1-3-10-15)11-6-13-4-7-14-8-5-13/h4-5,7-8H,1-3,6,9-12H2,(H,16,17)/p+1. The molecule has 1 aliphatic rings. The molecule has 0 bridgehead atoms. The van der Waals surface area contributed by atoms with E-state index < -0.39 is 7.37 Å². The van der Waals surface area contributed by atoms with Gasteiger partial charge in [-0.1, -0.05) is 0 Å². The van der Waals surface area contributed by atoms with Crippen molar-refractivity contribution in [3.8, 4) is 0 Å². The van der Waals surface area contributed by atoms with E-state index >= 15 is 0 Å². The topological polar surface area (TPSA) is 54.6 Å². The molecule has 0 aromatic carbocycles. The van der Waals surface area contributed by atoms with E-state index in [2.05, 4.69) is 4.98 Å². The van der Waals surface area contributed by atoms with Crippen LogP contribution in [0.1, 0.15) is 24.8 Å². The van der Waals surface area contributed by atoms with Gasteiger partial charge in [-0.25, -0.2) is 0 Å². The Labute approximate surface area is 108 Å². The zero-order chi connectivity index (χ0) is 12.8. The summed E-state index contributed by atoms with van der Waals surface area (Å²) in [4.78, 5) is 15.3. The number of nitrogens with one attached hydrogen (secondary N) is 1. The lowest BCUT2D eigenvalue weighted by Crippen LogP contribution is -3.12. The molecule has 1 unspecified atom stereocenters. The molecule has 0 spiro atoms. The van der Waals surface area contributed by atoms with Gasteiger partial charge in [-0.05, 0) is 43.4 Å². The Kier molecular flexibility index (Phi) is 4.93. The van der Waals surface area contributed by atoms with Gasteiger partial charge in [0.1, 0.15) is 0 Å². The number of aryl methyl sites for hydroxylation is 1. The average molecular weight is 269 g/mol. The summed E-state index contributed by atoms with van der Waals surface area (Å²) in [6.45, 7) is 2.11. The van der Waals surface area contributed by atoms with Gasteiger partial charge in [0.25, 0.3) is 7.37 Å². The van der Waals surface area contributed by atoms with Crippen LogP contribution in [0.25, 0.3) is 0 Å². The number of aromatic nitrogens is 1. The number of likely N-dealkylation sites (tertiary alicyclic amines) is 1. The zero-order valence-electron chi connectivity index (χ0n) is 10.7. The molecule has 4 nitrogen and oxygen atoms in total. The van der Waals surface area contributed by atoms with Crippen molar-refractivity contribution >= 4 is 7.37 Å². The van der Waals surface area contributed by atoms with E-state index in [1.54, 1.807) is 12.4 Å². The van der Waals surface area contributed by atoms with E-state index in [1.807, 2.05) is 12.1 Å². The summed E-state index contributed by atoms with van der Waals surface area (Å²) in [6, 6.07) is 3.82. The first-order valence-corrected chi connectivity index (χ1v) is 8.72. The summed E-state index contributed by atoms with van der Waals surface area (Å²) in [7, 11) is -2.98. The summed E-state index contributed by atoms with van der Waals surface area (Å²) < 4.78 is 12.2. The van der Waals surface area contributed by atoms with E-state index in [1.165, 1.54) is 24.2 Å². The zero-order valence-corrected chi connectivity index (χ0v) is 11.6. The molecule has 1 aromatic heterocycles. The summed E-state index contributed by atoms with van der Waals surface area (Å²) in [5.74, 6) is 0. The normalized spacial score (nSPS) is 20.5. The molecule has 18 heavy (non-hydrogen) atoms. The second-order valence-electron chi connectivity index (χ2n) is 5.14. The predicted molar refractivity (Wildman–Crippen MR) is 72.0 cm³/mol. The SMILES string of the molecule is O=P(O)(CCc1ccncc1)C[NH+]1CCCCC1. The molecule has 1 atom stereocenters. The molecule has 0 aliphatic carbocycles. The van der Waals surface area contributed by atoms with E-state index in [0.717, 1.165) is 18.7 Å². The van der Waals surface area contributed by atoms with E-state index in [9.17, 15) is 9.46 Å². The Hall–Kier alpha value is -0.700.